The number of hydrogen-bond donors (Lipinski definition) is 0. The molecule has 0 spiro atoms. The molecule has 0 aromatic heterocycles. The third kappa shape index (κ3) is 12.2. The second-order valence-corrected chi connectivity index (χ2v) is 14.0. The first-order valence-corrected chi connectivity index (χ1v) is 10.9. The van der Waals surface area contributed by atoms with E-state index in [9.17, 15) is 0 Å². The smallest absolute Gasteiger partial charge is 0.108 e. The molecule has 3 heteroatoms. The lowest BCUT2D eigenvalue weighted by molar-refractivity contribution is 0.836. The van der Waals surface area contributed by atoms with E-state index >= 15 is 0 Å². The van der Waals surface area contributed by atoms with Gasteiger partial charge in [0.05, 0.1) is 0 Å². The van der Waals surface area contributed by atoms with Gasteiger partial charge in [0.1, 0.15) is 7.22 Å². The zero-order valence-electron chi connectivity index (χ0n) is 10.2. The van der Waals surface area contributed by atoms with Crippen LogP contribution in [0.15, 0.2) is 4.99 Å². The first-order valence-electron chi connectivity index (χ1n) is 5.68. The van der Waals surface area contributed by atoms with Crippen molar-refractivity contribution in [2.75, 3.05) is 12.3 Å². The normalized spacial score (nSPS) is 12.6. The SMILES string of the molecule is CCCCC=NCCCS[Si](C)(C)C. The Morgan fingerprint density at radius 2 is 1.93 bits per heavy atom. The summed E-state index contributed by atoms with van der Waals surface area (Å²) in [5.41, 5.74) is 0. The van der Waals surface area contributed by atoms with Crippen molar-refractivity contribution in [2.45, 2.75) is 52.2 Å². The summed E-state index contributed by atoms with van der Waals surface area (Å²) in [6.45, 7) is 10.5. The highest BCUT2D eigenvalue weighted by Crippen LogP contribution is 2.19. The van der Waals surface area contributed by atoms with Gasteiger partial charge in [-0.2, -0.15) is 11.2 Å². The predicted molar refractivity (Wildman–Crippen MR) is 73.3 cm³/mol. The summed E-state index contributed by atoms with van der Waals surface area (Å²) in [6, 6.07) is 0. The number of unbranched alkanes of at least 4 members (excludes halogenated alkanes) is 2. The van der Waals surface area contributed by atoms with Crippen LogP contribution in [0, 0.1) is 0 Å². The van der Waals surface area contributed by atoms with Crippen LogP contribution in [0.1, 0.15) is 32.6 Å². The molecule has 0 unspecified atom stereocenters. The van der Waals surface area contributed by atoms with Crippen molar-refractivity contribution in [3.05, 3.63) is 0 Å². The zero-order valence-corrected chi connectivity index (χ0v) is 12.0. The van der Waals surface area contributed by atoms with Gasteiger partial charge in [-0.3, -0.25) is 4.99 Å². The molecule has 0 heterocycles. The van der Waals surface area contributed by atoms with Gasteiger partial charge < -0.3 is 0 Å². The molecule has 0 fully saturated rings. The van der Waals surface area contributed by atoms with E-state index in [4.69, 9.17) is 0 Å². The minimum absolute atomic E-state index is 0.874. The summed E-state index contributed by atoms with van der Waals surface area (Å²) in [5, 5.41) is 0. The predicted octanol–water partition coefficient (Wildman–Crippen LogP) is 4.21. The minimum atomic E-state index is -0.874. The maximum absolute atomic E-state index is 4.41. The third-order valence-electron chi connectivity index (χ3n) is 1.78. The van der Waals surface area contributed by atoms with Gasteiger partial charge in [-0.25, -0.2) is 0 Å². The van der Waals surface area contributed by atoms with Crippen molar-refractivity contribution >= 4 is 24.6 Å². The molecule has 0 radical (unpaired) electrons. The molecule has 84 valence electrons. The van der Waals surface area contributed by atoms with Crippen LogP contribution in [0.25, 0.3) is 0 Å². The second kappa shape index (κ2) is 8.54. The van der Waals surface area contributed by atoms with Crippen molar-refractivity contribution in [2.24, 2.45) is 4.99 Å². The number of rotatable bonds is 8. The van der Waals surface area contributed by atoms with Crippen LogP contribution in [-0.4, -0.2) is 25.7 Å². The molecule has 0 aromatic carbocycles. The monoisotopic (exact) mass is 231 g/mol. The zero-order chi connectivity index (χ0) is 10.9. The van der Waals surface area contributed by atoms with Gasteiger partial charge in [0.25, 0.3) is 0 Å². The van der Waals surface area contributed by atoms with Crippen LogP contribution in [0.2, 0.25) is 19.6 Å². The van der Waals surface area contributed by atoms with Crippen molar-refractivity contribution in [1.29, 1.82) is 0 Å². The van der Waals surface area contributed by atoms with Crippen molar-refractivity contribution in [1.82, 2.24) is 0 Å². The van der Waals surface area contributed by atoms with Gasteiger partial charge >= 0.3 is 0 Å². The molecule has 0 aliphatic heterocycles. The molecular formula is C11H25NSSi. The lowest BCUT2D eigenvalue weighted by atomic mass is 10.3. The maximum Gasteiger partial charge on any atom is 0.108 e. The average Bonchev–Trinajstić information content (AvgIpc) is 2.08. The molecule has 1 nitrogen and oxygen atoms in total. The van der Waals surface area contributed by atoms with E-state index in [1.54, 1.807) is 0 Å². The van der Waals surface area contributed by atoms with Crippen LogP contribution in [0.4, 0.5) is 0 Å². The molecule has 0 aromatic rings. The van der Waals surface area contributed by atoms with E-state index in [2.05, 4.69) is 49.0 Å². The molecule has 0 N–H and O–H groups in total. The van der Waals surface area contributed by atoms with Crippen molar-refractivity contribution in [3.8, 4) is 0 Å². The fourth-order valence-corrected chi connectivity index (χ4v) is 4.17. The Morgan fingerprint density at radius 1 is 1.21 bits per heavy atom. The fraction of sp³-hybridized carbons (Fsp3) is 0.909. The van der Waals surface area contributed by atoms with E-state index in [0.29, 0.717) is 0 Å². The summed E-state index contributed by atoms with van der Waals surface area (Å²) < 4.78 is 0. The van der Waals surface area contributed by atoms with Crippen molar-refractivity contribution < 1.29 is 0 Å². The summed E-state index contributed by atoms with van der Waals surface area (Å²) in [4.78, 5) is 4.41. The summed E-state index contributed by atoms with van der Waals surface area (Å²) in [7, 11) is -0.874. The third-order valence-corrected chi connectivity index (χ3v) is 6.35. The van der Waals surface area contributed by atoms with Gasteiger partial charge in [0.2, 0.25) is 0 Å². The van der Waals surface area contributed by atoms with Crippen LogP contribution in [0.3, 0.4) is 0 Å². The van der Waals surface area contributed by atoms with Crippen molar-refractivity contribution in [3.63, 3.8) is 0 Å². The Kier molecular flexibility index (Phi) is 8.68. The molecule has 14 heavy (non-hydrogen) atoms. The maximum atomic E-state index is 4.41. The highest BCUT2D eigenvalue weighted by molar-refractivity contribution is 8.28. The van der Waals surface area contributed by atoms with E-state index in [1.165, 1.54) is 25.0 Å². The highest BCUT2D eigenvalue weighted by atomic mass is 32.4. The van der Waals surface area contributed by atoms with Crippen LogP contribution < -0.4 is 0 Å². The van der Waals surface area contributed by atoms with Gasteiger partial charge in [0, 0.05) is 6.54 Å². The molecule has 0 saturated carbocycles. The molecular weight excluding hydrogens is 206 g/mol. The molecule has 0 atom stereocenters. The molecule has 0 bridgehead atoms. The number of aliphatic imine (C=N–C) groups is 1. The van der Waals surface area contributed by atoms with E-state index in [1.807, 2.05) is 0 Å². The average molecular weight is 231 g/mol. The van der Waals surface area contributed by atoms with E-state index in [-0.39, 0.29) is 0 Å². The van der Waals surface area contributed by atoms with Crippen LogP contribution in [0.5, 0.6) is 0 Å². The van der Waals surface area contributed by atoms with Crippen LogP contribution in [-0.2, 0) is 0 Å². The molecule has 0 aliphatic rings. The highest BCUT2D eigenvalue weighted by Gasteiger charge is 2.11. The first-order chi connectivity index (χ1) is 6.56. The van der Waals surface area contributed by atoms with Gasteiger partial charge in [0.15, 0.2) is 0 Å². The van der Waals surface area contributed by atoms with Crippen LogP contribution >= 0.6 is 11.2 Å². The summed E-state index contributed by atoms with van der Waals surface area (Å²) >= 11 is 2.17. The van der Waals surface area contributed by atoms with Gasteiger partial charge in [-0.15, -0.1) is 0 Å². The molecule has 0 amide bonds. The minimum Gasteiger partial charge on any atom is -0.298 e. The molecule has 0 saturated heterocycles. The molecule has 0 aliphatic carbocycles. The van der Waals surface area contributed by atoms with E-state index < -0.39 is 7.22 Å². The Labute approximate surface area is 94.4 Å². The largest absolute Gasteiger partial charge is 0.298 e. The van der Waals surface area contributed by atoms with Gasteiger partial charge in [-0.05, 0) is 31.2 Å². The Balaban J connectivity index is 3.17. The lowest BCUT2D eigenvalue weighted by Crippen LogP contribution is -2.14. The Hall–Kier alpha value is 0.237. The summed E-state index contributed by atoms with van der Waals surface area (Å²) in [5.74, 6) is 1.29. The van der Waals surface area contributed by atoms with E-state index in [0.717, 1.165) is 13.0 Å². The fourth-order valence-electron chi connectivity index (χ4n) is 1.01. The second-order valence-electron chi connectivity index (χ2n) is 4.55. The summed E-state index contributed by atoms with van der Waals surface area (Å²) in [6.07, 6.45) is 7.07. The standard InChI is InChI=1S/C11H25NSSi/c1-5-6-7-9-12-10-8-11-13-14(2,3)4/h9H,5-8,10-11H2,1-4H3. The number of nitrogens with zero attached hydrogens (tertiary/aromatic N) is 1. The topological polar surface area (TPSA) is 12.4 Å². The number of hydrogen-bond acceptors (Lipinski definition) is 2. The van der Waals surface area contributed by atoms with Gasteiger partial charge in [-0.1, -0.05) is 33.0 Å². The quantitative estimate of drug-likeness (QED) is 0.346. The first kappa shape index (κ1) is 14.2. The molecule has 0 rings (SSSR count). The Morgan fingerprint density at radius 3 is 2.50 bits per heavy atom. The Bertz CT molecular complexity index is 152. The lowest BCUT2D eigenvalue weighted by Gasteiger charge is -2.13.